The number of rotatable bonds is 2. The predicted octanol–water partition coefficient (Wildman–Crippen LogP) is 1.13. The van der Waals surface area contributed by atoms with Gasteiger partial charge >= 0.3 is 5.97 Å². The molecule has 0 aliphatic heterocycles. The fourth-order valence-corrected chi connectivity index (χ4v) is 1.26. The number of nitrogens with two attached hydrogens (primary N) is 1. The molecule has 0 fully saturated rings. The Kier molecular flexibility index (Phi) is 2.69. The summed E-state index contributed by atoms with van der Waals surface area (Å²) in [6.07, 6.45) is 0. The fourth-order valence-electron chi connectivity index (χ4n) is 1.26. The number of methoxy groups -OCH3 is 1. The lowest BCUT2D eigenvalue weighted by Crippen LogP contribution is -2.07. The summed E-state index contributed by atoms with van der Waals surface area (Å²) in [5, 5.41) is 18.2. The highest BCUT2D eigenvalue weighted by Crippen LogP contribution is 2.39. The molecule has 0 amide bonds. The molecule has 0 atom stereocenters. The number of benzene rings is 1. The van der Waals surface area contributed by atoms with Gasteiger partial charge in [-0.1, -0.05) is 0 Å². The van der Waals surface area contributed by atoms with Gasteiger partial charge in [-0.3, -0.25) is 0 Å². The fraction of sp³-hybridized carbons (Fsp3) is 0.222. The second kappa shape index (κ2) is 3.64. The zero-order chi connectivity index (χ0) is 11.7. The zero-order valence-corrected chi connectivity index (χ0v) is 8.17. The minimum Gasteiger partial charge on any atom is -0.504 e. The number of aromatic hydroxyl groups is 1. The molecule has 0 saturated heterocycles. The van der Waals surface area contributed by atoms with Crippen molar-refractivity contribution in [2.45, 2.75) is 6.92 Å². The Morgan fingerprint density at radius 1 is 1.53 bits per heavy atom. The highest BCUT2D eigenvalue weighted by Gasteiger charge is 2.24. The molecule has 15 heavy (non-hydrogen) atoms. The second-order valence-corrected chi connectivity index (χ2v) is 2.91. The van der Waals surface area contributed by atoms with Gasteiger partial charge in [0.1, 0.15) is 5.56 Å². The SMILES string of the molecule is COc1c(O)c(C(=O)O)c(C)c(N)c1F. The lowest BCUT2D eigenvalue weighted by Gasteiger charge is -2.12. The van der Waals surface area contributed by atoms with Crippen LogP contribution in [0.5, 0.6) is 11.5 Å². The summed E-state index contributed by atoms with van der Waals surface area (Å²) in [5.41, 5.74) is 4.51. The minimum atomic E-state index is -1.39. The molecule has 0 heterocycles. The highest BCUT2D eigenvalue weighted by atomic mass is 19.1. The number of halogens is 1. The first-order valence-corrected chi connectivity index (χ1v) is 3.99. The number of nitrogen functional groups attached to an aromatic ring is 1. The summed E-state index contributed by atoms with van der Waals surface area (Å²) < 4.78 is 17.9. The van der Waals surface area contributed by atoms with Crippen molar-refractivity contribution in [1.82, 2.24) is 0 Å². The molecule has 0 bridgehead atoms. The maximum absolute atomic E-state index is 13.4. The van der Waals surface area contributed by atoms with Crippen molar-refractivity contribution >= 4 is 11.7 Å². The minimum absolute atomic E-state index is 0.0294. The van der Waals surface area contributed by atoms with E-state index in [4.69, 9.17) is 10.8 Å². The Morgan fingerprint density at radius 2 is 2.07 bits per heavy atom. The van der Waals surface area contributed by atoms with Crippen LogP contribution in [-0.2, 0) is 0 Å². The number of carboxylic acids is 1. The normalized spacial score (nSPS) is 10.1. The zero-order valence-electron chi connectivity index (χ0n) is 8.17. The topological polar surface area (TPSA) is 92.8 Å². The van der Waals surface area contributed by atoms with Crippen molar-refractivity contribution < 1.29 is 24.1 Å². The lowest BCUT2D eigenvalue weighted by atomic mass is 10.0. The first-order chi connectivity index (χ1) is 6.91. The number of phenols is 1. The molecule has 5 nitrogen and oxygen atoms in total. The van der Waals surface area contributed by atoms with Crippen molar-refractivity contribution in [3.05, 3.63) is 16.9 Å². The Morgan fingerprint density at radius 3 is 2.47 bits per heavy atom. The molecular formula is C9H10FNO4. The van der Waals surface area contributed by atoms with E-state index in [9.17, 15) is 14.3 Å². The standard InChI is InChI=1S/C9H10FNO4/c1-3-4(9(13)14)7(12)8(15-2)5(10)6(3)11/h12H,11H2,1-2H3,(H,13,14). The van der Waals surface area contributed by atoms with Gasteiger partial charge in [-0.15, -0.1) is 0 Å². The summed E-state index contributed by atoms with van der Waals surface area (Å²) in [4.78, 5) is 10.8. The first-order valence-electron chi connectivity index (χ1n) is 3.99. The number of hydrogen-bond acceptors (Lipinski definition) is 4. The Hall–Kier alpha value is -1.98. The van der Waals surface area contributed by atoms with Crippen LogP contribution >= 0.6 is 0 Å². The third-order valence-electron chi connectivity index (χ3n) is 2.08. The smallest absolute Gasteiger partial charge is 0.339 e. The molecule has 0 spiro atoms. The quantitative estimate of drug-likeness (QED) is 0.508. The van der Waals surface area contributed by atoms with E-state index in [1.165, 1.54) is 6.92 Å². The molecule has 0 aliphatic carbocycles. The number of carboxylic acid groups (broad SMARTS) is 1. The average molecular weight is 215 g/mol. The van der Waals surface area contributed by atoms with Crippen LogP contribution in [0, 0.1) is 12.7 Å². The number of ether oxygens (including phenoxy) is 1. The van der Waals surface area contributed by atoms with Crippen LogP contribution in [0.25, 0.3) is 0 Å². The summed E-state index contributed by atoms with van der Waals surface area (Å²) >= 11 is 0. The molecule has 0 radical (unpaired) electrons. The largest absolute Gasteiger partial charge is 0.504 e. The second-order valence-electron chi connectivity index (χ2n) is 2.91. The van der Waals surface area contributed by atoms with Crippen LogP contribution in [0.15, 0.2) is 0 Å². The monoisotopic (exact) mass is 215 g/mol. The Labute approximate surface area is 84.9 Å². The molecule has 0 saturated carbocycles. The van der Waals surface area contributed by atoms with Crippen molar-refractivity contribution in [1.29, 1.82) is 0 Å². The third kappa shape index (κ3) is 1.54. The predicted molar refractivity (Wildman–Crippen MR) is 50.7 cm³/mol. The lowest BCUT2D eigenvalue weighted by molar-refractivity contribution is 0.0692. The van der Waals surface area contributed by atoms with Crippen molar-refractivity contribution in [3.8, 4) is 11.5 Å². The van der Waals surface area contributed by atoms with E-state index in [1.807, 2.05) is 0 Å². The summed E-state index contributed by atoms with van der Waals surface area (Å²) in [6, 6.07) is 0. The van der Waals surface area contributed by atoms with Gasteiger partial charge in [-0.2, -0.15) is 0 Å². The summed E-state index contributed by atoms with van der Waals surface area (Å²) in [5.74, 6) is -3.67. The van der Waals surface area contributed by atoms with E-state index in [-0.39, 0.29) is 11.3 Å². The summed E-state index contributed by atoms with van der Waals surface area (Å²) in [6.45, 7) is 1.31. The van der Waals surface area contributed by atoms with Crippen LogP contribution in [-0.4, -0.2) is 23.3 Å². The van der Waals surface area contributed by atoms with E-state index in [0.29, 0.717) is 0 Å². The van der Waals surface area contributed by atoms with Crippen LogP contribution < -0.4 is 10.5 Å². The van der Waals surface area contributed by atoms with Gasteiger partial charge in [0.25, 0.3) is 0 Å². The van der Waals surface area contributed by atoms with Gasteiger partial charge in [0.05, 0.1) is 12.8 Å². The van der Waals surface area contributed by atoms with Crippen molar-refractivity contribution in [2.24, 2.45) is 0 Å². The van der Waals surface area contributed by atoms with E-state index in [1.54, 1.807) is 0 Å². The third-order valence-corrected chi connectivity index (χ3v) is 2.08. The van der Waals surface area contributed by atoms with Crippen LogP contribution in [0.1, 0.15) is 15.9 Å². The number of hydrogen-bond donors (Lipinski definition) is 3. The van der Waals surface area contributed by atoms with Gasteiger partial charge in [-0.05, 0) is 12.5 Å². The van der Waals surface area contributed by atoms with Gasteiger partial charge in [0, 0.05) is 0 Å². The number of aromatic carboxylic acids is 1. The van der Waals surface area contributed by atoms with Gasteiger partial charge in [-0.25, -0.2) is 9.18 Å². The van der Waals surface area contributed by atoms with Gasteiger partial charge in [0.15, 0.2) is 17.3 Å². The van der Waals surface area contributed by atoms with Gasteiger partial charge < -0.3 is 20.7 Å². The molecule has 4 N–H and O–H groups in total. The Bertz CT molecular complexity index is 431. The molecular weight excluding hydrogens is 205 g/mol. The van der Waals surface area contributed by atoms with Crippen LogP contribution in [0.3, 0.4) is 0 Å². The van der Waals surface area contributed by atoms with E-state index >= 15 is 0 Å². The Balaban J connectivity index is 3.68. The molecule has 0 aromatic heterocycles. The maximum Gasteiger partial charge on any atom is 0.339 e. The number of anilines is 1. The van der Waals surface area contributed by atoms with Crippen molar-refractivity contribution in [2.75, 3.05) is 12.8 Å². The van der Waals surface area contributed by atoms with E-state index in [0.717, 1.165) is 7.11 Å². The van der Waals surface area contributed by atoms with Crippen molar-refractivity contribution in [3.63, 3.8) is 0 Å². The molecule has 1 aromatic rings. The molecule has 6 heteroatoms. The van der Waals surface area contributed by atoms with Crippen LogP contribution in [0.2, 0.25) is 0 Å². The van der Waals surface area contributed by atoms with E-state index < -0.39 is 28.8 Å². The molecule has 1 aromatic carbocycles. The van der Waals surface area contributed by atoms with E-state index in [2.05, 4.69) is 4.74 Å². The molecule has 82 valence electrons. The maximum atomic E-state index is 13.4. The molecule has 0 unspecified atom stereocenters. The van der Waals surface area contributed by atoms with Crippen LogP contribution in [0.4, 0.5) is 10.1 Å². The summed E-state index contributed by atoms with van der Waals surface area (Å²) in [7, 11) is 1.11. The highest BCUT2D eigenvalue weighted by molar-refractivity contribution is 5.95. The average Bonchev–Trinajstić information content (AvgIpc) is 2.15. The first kappa shape index (κ1) is 11.1. The van der Waals surface area contributed by atoms with Gasteiger partial charge in [0.2, 0.25) is 0 Å². The molecule has 1 rings (SSSR count). The number of carbonyl (C=O) groups is 1. The molecule has 0 aliphatic rings.